The number of halogens is 3. The van der Waals surface area contributed by atoms with Crippen LogP contribution in [0.25, 0.3) is 33.3 Å². The number of aromatic nitrogens is 3. The van der Waals surface area contributed by atoms with Crippen LogP contribution in [-0.2, 0) is 22.3 Å². The van der Waals surface area contributed by atoms with Crippen molar-refractivity contribution in [1.29, 1.82) is 0 Å². The highest BCUT2D eigenvalue weighted by Crippen LogP contribution is 2.41. The van der Waals surface area contributed by atoms with Gasteiger partial charge in [0.05, 0.1) is 16.6 Å². The number of carbonyl (C=O) groups excluding carboxylic acids is 2. The van der Waals surface area contributed by atoms with Crippen molar-refractivity contribution < 1.29 is 37.3 Å². The highest BCUT2D eigenvalue weighted by Gasteiger charge is 2.38. The van der Waals surface area contributed by atoms with Crippen LogP contribution < -0.4 is 4.74 Å². The Kier molecular flexibility index (Phi) is 7.97. The molecule has 0 bridgehead atoms. The number of esters is 1. The second-order valence-corrected chi connectivity index (χ2v) is 11.7. The Morgan fingerprint density at radius 1 is 1.05 bits per heavy atom. The minimum Gasteiger partial charge on any atom is -0.508 e. The minimum atomic E-state index is -4.82. The molecule has 228 valence electrons. The molecule has 0 radical (unpaired) electrons. The van der Waals surface area contributed by atoms with Crippen LogP contribution in [0.5, 0.6) is 11.5 Å². The number of carbonyl (C=O) groups is 2. The number of rotatable bonds is 5. The molecule has 1 fully saturated rings. The monoisotopic (exact) mass is 598 g/mol. The van der Waals surface area contributed by atoms with E-state index in [1.165, 1.54) is 25.1 Å². The third kappa shape index (κ3) is 6.52. The van der Waals surface area contributed by atoms with Crippen LogP contribution in [0.15, 0.2) is 42.5 Å². The number of fused-ring (bicyclic) bond motifs is 3. The van der Waals surface area contributed by atoms with E-state index >= 15 is 0 Å². The summed E-state index contributed by atoms with van der Waals surface area (Å²) in [4.78, 5) is 34.4. The maximum atomic E-state index is 14.3. The van der Waals surface area contributed by atoms with Gasteiger partial charge in [-0.25, -0.2) is 14.8 Å². The molecular weight excluding hydrogens is 565 g/mol. The number of para-hydroxylation sites is 1. The average Bonchev–Trinajstić information content (AvgIpc) is 3.29. The van der Waals surface area contributed by atoms with E-state index in [0.717, 1.165) is 0 Å². The van der Waals surface area contributed by atoms with Gasteiger partial charge in [0.15, 0.2) is 5.69 Å². The first-order valence-electron chi connectivity index (χ1n) is 14.1. The van der Waals surface area contributed by atoms with Gasteiger partial charge in [-0.1, -0.05) is 12.1 Å². The Balaban J connectivity index is 1.58. The largest absolute Gasteiger partial charge is 0.508 e. The average molecular weight is 599 g/mol. The zero-order valence-electron chi connectivity index (χ0n) is 24.4. The number of likely N-dealkylation sites (tertiary alicyclic amines) is 1. The summed E-state index contributed by atoms with van der Waals surface area (Å²) in [6.45, 7) is 8.01. The normalized spacial score (nSPS) is 14.8. The fraction of sp³-hybridized carbons (Fsp3) is 0.419. The van der Waals surface area contributed by atoms with Crippen LogP contribution in [0.4, 0.5) is 18.0 Å². The van der Waals surface area contributed by atoms with Gasteiger partial charge in [-0.3, -0.25) is 4.79 Å². The maximum absolute atomic E-state index is 14.3. The van der Waals surface area contributed by atoms with Crippen molar-refractivity contribution in [3.8, 4) is 22.9 Å². The van der Waals surface area contributed by atoms with Crippen molar-refractivity contribution in [3.63, 3.8) is 0 Å². The molecule has 43 heavy (non-hydrogen) atoms. The van der Waals surface area contributed by atoms with Gasteiger partial charge in [-0.05, 0) is 70.2 Å². The van der Waals surface area contributed by atoms with Gasteiger partial charge in [0.1, 0.15) is 28.4 Å². The number of hydrogen-bond donors (Lipinski definition) is 1. The van der Waals surface area contributed by atoms with Gasteiger partial charge in [0.2, 0.25) is 0 Å². The van der Waals surface area contributed by atoms with E-state index in [4.69, 9.17) is 9.47 Å². The summed E-state index contributed by atoms with van der Waals surface area (Å²) < 4.78 is 55.6. The number of benzene rings is 2. The summed E-state index contributed by atoms with van der Waals surface area (Å²) in [6, 6.07) is 10.7. The van der Waals surface area contributed by atoms with E-state index in [1.807, 2.05) is 20.8 Å². The van der Waals surface area contributed by atoms with Crippen molar-refractivity contribution in [2.75, 3.05) is 13.1 Å². The minimum absolute atomic E-state index is 0.0218. The molecule has 12 heteroatoms. The first-order valence-corrected chi connectivity index (χ1v) is 14.1. The molecule has 3 heterocycles. The number of aromatic hydroxyl groups is 1. The molecule has 4 aromatic rings. The van der Waals surface area contributed by atoms with Gasteiger partial charge in [0.25, 0.3) is 0 Å². The van der Waals surface area contributed by atoms with E-state index in [1.54, 1.807) is 33.7 Å². The lowest BCUT2D eigenvalue weighted by molar-refractivity contribution is -0.139. The maximum Gasteiger partial charge on any atom is 0.435 e. The molecular formula is C31H33F3N4O5. The fourth-order valence-electron chi connectivity index (χ4n) is 5.44. The second kappa shape index (κ2) is 11.4. The van der Waals surface area contributed by atoms with Crippen molar-refractivity contribution in [1.82, 2.24) is 19.4 Å². The summed E-state index contributed by atoms with van der Waals surface area (Å²) in [5.74, 6) is -0.236. The first kappa shape index (κ1) is 30.1. The molecule has 2 aromatic heterocycles. The molecule has 5 rings (SSSR count). The van der Waals surface area contributed by atoms with Crippen molar-refractivity contribution >= 4 is 34.0 Å². The van der Waals surface area contributed by atoms with Gasteiger partial charge in [-0.2, -0.15) is 13.2 Å². The number of hydrogen-bond acceptors (Lipinski definition) is 7. The molecule has 0 aliphatic carbocycles. The van der Waals surface area contributed by atoms with Gasteiger partial charge in [0, 0.05) is 38.0 Å². The molecule has 1 aliphatic heterocycles. The molecule has 0 atom stereocenters. The van der Waals surface area contributed by atoms with Gasteiger partial charge < -0.3 is 24.0 Å². The summed E-state index contributed by atoms with van der Waals surface area (Å²) >= 11 is 0. The van der Waals surface area contributed by atoms with Crippen molar-refractivity contribution in [3.05, 3.63) is 48.2 Å². The van der Waals surface area contributed by atoms with Crippen molar-refractivity contribution in [2.24, 2.45) is 5.92 Å². The predicted octanol–water partition coefficient (Wildman–Crippen LogP) is 6.94. The fourth-order valence-corrected chi connectivity index (χ4v) is 5.44. The third-order valence-electron chi connectivity index (χ3n) is 7.34. The topological polar surface area (TPSA) is 107 Å². The highest BCUT2D eigenvalue weighted by atomic mass is 19.4. The number of phenolic OH excluding ortho intramolecular Hbond substituents is 1. The highest BCUT2D eigenvalue weighted by molar-refractivity contribution is 6.05. The lowest BCUT2D eigenvalue weighted by Gasteiger charge is -2.33. The number of piperidine rings is 1. The zero-order valence-corrected chi connectivity index (χ0v) is 24.4. The van der Waals surface area contributed by atoms with Crippen LogP contribution in [0.3, 0.4) is 0 Å². The molecule has 0 unspecified atom stereocenters. The number of amides is 1. The standard InChI is InChI=1S/C31H33F3N4O5/c1-18(39)42-24-8-6-5-7-22(24)28-36-25-26(21-10-9-20(40)17-23(21)35-27(25)31(32,33)34)38(28)16-13-19-11-14-37(15-12-19)29(41)43-30(2,3)4/h5-10,17,19,40H,11-16H2,1-4H3. The van der Waals surface area contributed by atoms with E-state index in [0.29, 0.717) is 49.8 Å². The van der Waals surface area contributed by atoms with Crippen LogP contribution in [0.1, 0.15) is 52.7 Å². The number of imidazole rings is 1. The Bertz CT molecular complexity index is 1690. The predicted molar refractivity (Wildman–Crippen MR) is 154 cm³/mol. The van der Waals surface area contributed by atoms with Crippen LogP contribution in [0.2, 0.25) is 0 Å². The number of ether oxygens (including phenoxy) is 2. The molecule has 1 N–H and O–H groups in total. The van der Waals surface area contributed by atoms with E-state index < -0.39 is 23.4 Å². The van der Waals surface area contributed by atoms with E-state index in [2.05, 4.69) is 9.97 Å². The molecule has 1 saturated heterocycles. The molecule has 1 aliphatic rings. The lowest BCUT2D eigenvalue weighted by atomic mass is 9.93. The first-order chi connectivity index (χ1) is 20.2. The van der Waals surface area contributed by atoms with Crippen molar-refractivity contribution in [2.45, 2.75) is 65.3 Å². The number of pyridine rings is 1. The molecule has 0 saturated carbocycles. The molecule has 9 nitrogen and oxygen atoms in total. The number of nitrogens with zero attached hydrogens (tertiary/aromatic N) is 4. The summed E-state index contributed by atoms with van der Waals surface area (Å²) in [6.07, 6.45) is -3.18. The third-order valence-corrected chi connectivity index (χ3v) is 7.34. The Labute approximate surface area is 246 Å². The molecule has 2 aromatic carbocycles. The lowest BCUT2D eigenvalue weighted by Crippen LogP contribution is -2.41. The summed E-state index contributed by atoms with van der Waals surface area (Å²) in [5.41, 5.74) is -1.55. The summed E-state index contributed by atoms with van der Waals surface area (Å²) in [5, 5.41) is 10.4. The smallest absolute Gasteiger partial charge is 0.435 e. The Morgan fingerprint density at radius 3 is 2.40 bits per heavy atom. The van der Waals surface area contributed by atoms with Crippen LogP contribution in [0, 0.1) is 5.92 Å². The van der Waals surface area contributed by atoms with Crippen LogP contribution in [-0.4, -0.2) is 55.3 Å². The number of alkyl halides is 3. The number of phenols is 1. The summed E-state index contributed by atoms with van der Waals surface area (Å²) in [7, 11) is 0. The quantitative estimate of drug-likeness (QED) is 0.196. The second-order valence-electron chi connectivity index (χ2n) is 11.7. The SMILES string of the molecule is CC(=O)Oc1ccccc1-c1nc2c(C(F)(F)F)nc3cc(O)ccc3c2n1CCC1CCN(C(=O)OC(C)(C)C)CC1. The molecule has 0 spiro atoms. The van der Waals surface area contributed by atoms with E-state index in [-0.39, 0.29) is 45.9 Å². The van der Waals surface area contributed by atoms with Gasteiger partial charge in [-0.15, -0.1) is 0 Å². The Morgan fingerprint density at radius 2 is 1.74 bits per heavy atom. The number of aryl methyl sites for hydroxylation is 1. The van der Waals surface area contributed by atoms with Gasteiger partial charge >= 0.3 is 18.2 Å². The zero-order chi connectivity index (χ0) is 31.1. The van der Waals surface area contributed by atoms with Crippen LogP contribution >= 0.6 is 0 Å². The Hall–Kier alpha value is -4.35. The van der Waals surface area contributed by atoms with E-state index in [9.17, 15) is 27.9 Å². The molecule has 1 amide bonds.